The lowest BCUT2D eigenvalue weighted by Crippen LogP contribution is -1.98. The minimum atomic E-state index is 0.509. The van der Waals surface area contributed by atoms with E-state index in [4.69, 9.17) is 11.6 Å². The first-order valence-electron chi connectivity index (χ1n) is 5.19. The summed E-state index contributed by atoms with van der Waals surface area (Å²) in [6.07, 6.45) is 0.725. The van der Waals surface area contributed by atoms with Crippen molar-refractivity contribution in [2.75, 3.05) is 0 Å². The second-order valence-electron chi connectivity index (χ2n) is 3.91. The topological polar surface area (TPSA) is 25.8 Å². The van der Waals surface area contributed by atoms with Crippen LogP contribution in [0.4, 0.5) is 0 Å². The van der Waals surface area contributed by atoms with Crippen LogP contribution in [-0.2, 0) is 6.42 Å². The Morgan fingerprint density at radius 2 is 1.94 bits per heavy atom. The van der Waals surface area contributed by atoms with E-state index in [1.54, 1.807) is 6.07 Å². The van der Waals surface area contributed by atoms with Crippen molar-refractivity contribution < 1.29 is 0 Å². The first-order valence-corrected chi connectivity index (χ1v) is 5.57. The minimum Gasteiger partial charge on any atom is -0.238 e. The van der Waals surface area contributed by atoms with Crippen molar-refractivity contribution in [1.82, 2.24) is 9.97 Å². The molecule has 0 amide bonds. The fourth-order valence-corrected chi connectivity index (χ4v) is 1.93. The summed E-state index contributed by atoms with van der Waals surface area (Å²) in [4.78, 5) is 8.58. The van der Waals surface area contributed by atoms with Crippen LogP contribution in [0.2, 0.25) is 5.15 Å². The van der Waals surface area contributed by atoms with E-state index in [2.05, 4.69) is 35.1 Å². The maximum absolute atomic E-state index is 5.90. The summed E-state index contributed by atoms with van der Waals surface area (Å²) in [5, 5.41) is 0.509. The number of hydrogen-bond donors (Lipinski definition) is 0. The fourth-order valence-electron chi connectivity index (χ4n) is 1.67. The Hall–Kier alpha value is -1.41. The van der Waals surface area contributed by atoms with Gasteiger partial charge in [-0.25, -0.2) is 9.97 Å². The monoisotopic (exact) mass is 232 g/mol. The van der Waals surface area contributed by atoms with E-state index in [0.717, 1.165) is 17.9 Å². The van der Waals surface area contributed by atoms with Gasteiger partial charge in [-0.2, -0.15) is 0 Å². The second kappa shape index (κ2) is 4.62. The molecule has 1 aromatic carbocycles. The van der Waals surface area contributed by atoms with Crippen molar-refractivity contribution in [3.63, 3.8) is 0 Å². The molecule has 0 N–H and O–H groups in total. The highest BCUT2D eigenvalue weighted by molar-refractivity contribution is 6.29. The standard InChI is InChI=1S/C13H13ClN2/c1-9-4-3-5-11(6-9)8-13-15-10(2)7-12(14)16-13/h3-7H,8H2,1-2H3. The molecule has 0 bridgehead atoms. The van der Waals surface area contributed by atoms with Crippen LogP contribution in [-0.4, -0.2) is 9.97 Å². The summed E-state index contributed by atoms with van der Waals surface area (Å²) in [5.41, 5.74) is 3.36. The predicted molar refractivity (Wildman–Crippen MR) is 65.8 cm³/mol. The summed E-state index contributed by atoms with van der Waals surface area (Å²) in [7, 11) is 0. The smallest absolute Gasteiger partial charge is 0.134 e. The van der Waals surface area contributed by atoms with Crippen molar-refractivity contribution in [2.45, 2.75) is 20.3 Å². The maximum atomic E-state index is 5.90. The lowest BCUT2D eigenvalue weighted by molar-refractivity contribution is 0.941. The normalized spacial score (nSPS) is 10.4. The number of nitrogens with zero attached hydrogens (tertiary/aromatic N) is 2. The van der Waals surface area contributed by atoms with Gasteiger partial charge in [0, 0.05) is 12.1 Å². The molecule has 16 heavy (non-hydrogen) atoms. The number of aryl methyl sites for hydroxylation is 2. The molecule has 0 aliphatic carbocycles. The molecule has 0 saturated carbocycles. The number of hydrogen-bond acceptors (Lipinski definition) is 2. The van der Waals surface area contributed by atoms with E-state index in [0.29, 0.717) is 5.15 Å². The molecule has 82 valence electrons. The van der Waals surface area contributed by atoms with Gasteiger partial charge >= 0.3 is 0 Å². The van der Waals surface area contributed by atoms with Crippen LogP contribution in [0.1, 0.15) is 22.6 Å². The summed E-state index contributed by atoms with van der Waals surface area (Å²) in [6, 6.07) is 10.1. The second-order valence-corrected chi connectivity index (χ2v) is 4.30. The average Bonchev–Trinajstić information content (AvgIpc) is 2.15. The Morgan fingerprint density at radius 1 is 1.12 bits per heavy atom. The summed E-state index contributed by atoms with van der Waals surface area (Å²) in [6.45, 7) is 4.00. The van der Waals surface area contributed by atoms with Gasteiger partial charge in [0.25, 0.3) is 0 Å². The highest BCUT2D eigenvalue weighted by Crippen LogP contribution is 2.11. The van der Waals surface area contributed by atoms with Crippen LogP contribution >= 0.6 is 11.6 Å². The molecule has 0 spiro atoms. The van der Waals surface area contributed by atoms with Crippen LogP contribution in [0, 0.1) is 13.8 Å². The first kappa shape index (κ1) is 11.1. The Labute approximate surface area is 100 Å². The van der Waals surface area contributed by atoms with E-state index in [-0.39, 0.29) is 0 Å². The van der Waals surface area contributed by atoms with Crippen LogP contribution in [0.25, 0.3) is 0 Å². The van der Waals surface area contributed by atoms with Crippen molar-refractivity contribution >= 4 is 11.6 Å². The van der Waals surface area contributed by atoms with E-state index < -0.39 is 0 Å². The van der Waals surface area contributed by atoms with Gasteiger partial charge in [0.1, 0.15) is 11.0 Å². The van der Waals surface area contributed by atoms with Crippen LogP contribution in [0.3, 0.4) is 0 Å². The van der Waals surface area contributed by atoms with Crippen LogP contribution < -0.4 is 0 Å². The van der Waals surface area contributed by atoms with Crippen molar-refractivity contribution in [2.24, 2.45) is 0 Å². The minimum absolute atomic E-state index is 0.509. The van der Waals surface area contributed by atoms with Crippen molar-refractivity contribution in [3.05, 3.63) is 58.1 Å². The highest BCUT2D eigenvalue weighted by Gasteiger charge is 2.02. The van der Waals surface area contributed by atoms with Gasteiger partial charge in [-0.15, -0.1) is 0 Å². The summed E-state index contributed by atoms with van der Waals surface area (Å²) < 4.78 is 0. The van der Waals surface area contributed by atoms with Gasteiger partial charge < -0.3 is 0 Å². The van der Waals surface area contributed by atoms with Gasteiger partial charge in [-0.05, 0) is 25.5 Å². The number of benzene rings is 1. The molecule has 2 rings (SSSR count). The summed E-state index contributed by atoms with van der Waals surface area (Å²) >= 11 is 5.90. The zero-order valence-corrected chi connectivity index (χ0v) is 10.1. The largest absolute Gasteiger partial charge is 0.238 e. The van der Waals surface area contributed by atoms with Gasteiger partial charge in [0.05, 0.1) is 0 Å². The molecular formula is C13H13ClN2. The molecule has 0 unspecified atom stereocenters. The number of aromatic nitrogens is 2. The van der Waals surface area contributed by atoms with Crippen molar-refractivity contribution in [1.29, 1.82) is 0 Å². The van der Waals surface area contributed by atoms with Crippen LogP contribution in [0.5, 0.6) is 0 Å². The lowest BCUT2D eigenvalue weighted by atomic mass is 10.1. The van der Waals surface area contributed by atoms with Gasteiger partial charge in [-0.3, -0.25) is 0 Å². The fraction of sp³-hybridized carbons (Fsp3) is 0.231. The quantitative estimate of drug-likeness (QED) is 0.743. The molecular weight excluding hydrogens is 220 g/mol. The third kappa shape index (κ3) is 2.80. The lowest BCUT2D eigenvalue weighted by Gasteiger charge is -2.03. The highest BCUT2D eigenvalue weighted by atomic mass is 35.5. The third-order valence-corrected chi connectivity index (χ3v) is 2.51. The molecule has 2 nitrogen and oxygen atoms in total. The molecule has 0 atom stereocenters. The summed E-state index contributed by atoms with van der Waals surface area (Å²) in [5.74, 6) is 0.774. The molecule has 1 aromatic heterocycles. The maximum Gasteiger partial charge on any atom is 0.134 e. The predicted octanol–water partition coefficient (Wildman–Crippen LogP) is 3.34. The first-order chi connectivity index (χ1) is 7.63. The van der Waals surface area contributed by atoms with Gasteiger partial charge in [-0.1, -0.05) is 41.4 Å². The Bertz CT molecular complexity index is 489. The zero-order chi connectivity index (χ0) is 11.5. The molecule has 0 fully saturated rings. The Morgan fingerprint density at radius 3 is 2.62 bits per heavy atom. The molecule has 0 aliphatic heterocycles. The van der Waals surface area contributed by atoms with E-state index in [9.17, 15) is 0 Å². The Balaban J connectivity index is 2.27. The average molecular weight is 233 g/mol. The third-order valence-electron chi connectivity index (χ3n) is 2.31. The molecule has 2 aromatic rings. The number of halogens is 1. The molecule has 0 radical (unpaired) electrons. The molecule has 0 saturated heterocycles. The van der Waals surface area contributed by atoms with Gasteiger partial charge in [0.2, 0.25) is 0 Å². The SMILES string of the molecule is Cc1cccc(Cc2nc(C)cc(Cl)n2)c1. The molecule has 3 heteroatoms. The van der Waals surface area contributed by atoms with E-state index in [1.165, 1.54) is 11.1 Å². The number of rotatable bonds is 2. The van der Waals surface area contributed by atoms with E-state index in [1.807, 2.05) is 13.0 Å². The van der Waals surface area contributed by atoms with Gasteiger partial charge in [0.15, 0.2) is 0 Å². The van der Waals surface area contributed by atoms with E-state index >= 15 is 0 Å². The zero-order valence-electron chi connectivity index (χ0n) is 9.37. The molecule has 1 heterocycles. The van der Waals surface area contributed by atoms with Crippen LogP contribution in [0.15, 0.2) is 30.3 Å². The Kier molecular flexibility index (Phi) is 3.20. The molecule has 0 aliphatic rings. The van der Waals surface area contributed by atoms with Crippen molar-refractivity contribution in [3.8, 4) is 0 Å².